The Morgan fingerprint density at radius 1 is 0.579 bits per heavy atom. The minimum absolute atomic E-state index is 0.0475. The van der Waals surface area contributed by atoms with Gasteiger partial charge in [0.1, 0.15) is 22.6 Å². The molecule has 0 aromatic heterocycles. The maximum absolute atomic E-state index is 13.0. The summed E-state index contributed by atoms with van der Waals surface area (Å²) in [4.78, 5) is 21.7. The van der Waals surface area contributed by atoms with E-state index in [-0.39, 0.29) is 22.1 Å². The topological polar surface area (TPSA) is 207 Å². The zero-order valence-corrected chi connectivity index (χ0v) is 20.6. The van der Waals surface area contributed by atoms with Crippen LogP contribution in [0, 0.1) is 0 Å². The van der Waals surface area contributed by atoms with Gasteiger partial charge in [-0.15, -0.1) is 0 Å². The smallest absolute Gasteiger partial charge is 0.339 e. The first-order chi connectivity index (χ1) is 17.8. The number of nitrogens with one attached hydrogen (secondary N) is 2. The third kappa shape index (κ3) is 5.02. The molecule has 0 unspecified atom stereocenters. The minimum atomic E-state index is -4.33. The van der Waals surface area contributed by atoms with Crippen LogP contribution in [-0.4, -0.2) is 49.2 Å². The first kappa shape index (κ1) is 26.2. The summed E-state index contributed by atoms with van der Waals surface area (Å²) in [5.74, 6) is -4.26. The van der Waals surface area contributed by atoms with Crippen LogP contribution in [0.2, 0.25) is 0 Å². The van der Waals surface area contributed by atoms with Gasteiger partial charge in [0, 0.05) is 10.8 Å². The molecule has 0 bridgehead atoms. The molecule has 196 valence electrons. The van der Waals surface area contributed by atoms with E-state index in [1.54, 1.807) is 12.1 Å². The van der Waals surface area contributed by atoms with Gasteiger partial charge in [-0.25, -0.2) is 26.4 Å². The van der Waals surface area contributed by atoms with Crippen molar-refractivity contribution < 1.29 is 46.9 Å². The molecule has 14 heteroatoms. The normalized spacial score (nSPS) is 11.7. The molecule has 4 aromatic rings. The standard InChI is InChI=1S/C24H18N2O10S2/c27-21-9-5-13(11-17(21)23(29)30)37(33,34)25-19-7-8-20(16-4-2-1-3-15(16)19)26-38(35,36)14-6-10-22(28)18(12-14)24(31)32/h1-12,25-28H,(H,29,30)(H,31,32). The highest BCUT2D eigenvalue weighted by Crippen LogP contribution is 2.33. The van der Waals surface area contributed by atoms with Crippen LogP contribution in [0.3, 0.4) is 0 Å². The summed E-state index contributed by atoms with van der Waals surface area (Å²) < 4.78 is 56.6. The monoisotopic (exact) mass is 558 g/mol. The average molecular weight is 559 g/mol. The summed E-state index contributed by atoms with van der Waals surface area (Å²) in [5.41, 5.74) is -1.12. The highest BCUT2D eigenvalue weighted by Gasteiger charge is 2.22. The van der Waals surface area contributed by atoms with Gasteiger partial charge >= 0.3 is 11.9 Å². The number of carbonyl (C=O) groups is 2. The Hall–Kier alpha value is -4.82. The highest BCUT2D eigenvalue weighted by molar-refractivity contribution is 7.93. The Morgan fingerprint density at radius 2 is 0.947 bits per heavy atom. The first-order valence-corrected chi connectivity index (χ1v) is 13.5. The molecule has 0 amide bonds. The van der Waals surface area contributed by atoms with E-state index < -0.39 is 64.4 Å². The lowest BCUT2D eigenvalue weighted by molar-refractivity contribution is 0.0682. The van der Waals surface area contributed by atoms with Crippen molar-refractivity contribution in [1.29, 1.82) is 0 Å². The van der Waals surface area contributed by atoms with Crippen LogP contribution in [-0.2, 0) is 20.0 Å². The minimum Gasteiger partial charge on any atom is -0.507 e. The highest BCUT2D eigenvalue weighted by atomic mass is 32.2. The second-order valence-electron chi connectivity index (χ2n) is 7.89. The Balaban J connectivity index is 1.73. The van der Waals surface area contributed by atoms with Crippen LogP contribution in [0.1, 0.15) is 20.7 Å². The fraction of sp³-hybridized carbons (Fsp3) is 0. The van der Waals surface area contributed by atoms with Crippen LogP contribution >= 0.6 is 0 Å². The van der Waals surface area contributed by atoms with Gasteiger partial charge in [-0.3, -0.25) is 9.44 Å². The van der Waals surface area contributed by atoms with Gasteiger partial charge in [0.05, 0.1) is 21.2 Å². The molecule has 0 spiro atoms. The van der Waals surface area contributed by atoms with Crippen molar-refractivity contribution in [2.75, 3.05) is 9.44 Å². The van der Waals surface area contributed by atoms with E-state index in [2.05, 4.69) is 9.44 Å². The van der Waals surface area contributed by atoms with Crippen LogP contribution < -0.4 is 9.44 Å². The zero-order valence-electron chi connectivity index (χ0n) is 19.0. The second-order valence-corrected chi connectivity index (χ2v) is 11.3. The quantitative estimate of drug-likeness (QED) is 0.186. The average Bonchev–Trinajstić information content (AvgIpc) is 2.85. The van der Waals surface area contributed by atoms with Gasteiger partial charge in [0.25, 0.3) is 20.0 Å². The van der Waals surface area contributed by atoms with E-state index in [0.29, 0.717) is 0 Å². The molecule has 0 saturated heterocycles. The van der Waals surface area contributed by atoms with Crippen molar-refractivity contribution in [3.63, 3.8) is 0 Å². The summed E-state index contributed by atoms with van der Waals surface area (Å²) >= 11 is 0. The van der Waals surface area contributed by atoms with E-state index in [4.69, 9.17) is 0 Å². The zero-order chi connectivity index (χ0) is 27.8. The molecule has 12 nitrogen and oxygen atoms in total. The molecule has 0 aliphatic rings. The molecule has 4 aromatic carbocycles. The molecule has 0 aliphatic heterocycles. The SMILES string of the molecule is O=C(O)c1cc(S(=O)(=O)Nc2ccc(NS(=O)(=O)c3ccc(O)c(C(=O)O)c3)c3ccccc23)ccc1O. The van der Waals surface area contributed by atoms with E-state index in [9.17, 15) is 46.9 Å². The number of benzene rings is 4. The van der Waals surface area contributed by atoms with Crippen molar-refractivity contribution in [3.8, 4) is 11.5 Å². The predicted molar refractivity (Wildman–Crippen MR) is 136 cm³/mol. The lowest BCUT2D eigenvalue weighted by Crippen LogP contribution is -2.16. The third-order valence-corrected chi connectivity index (χ3v) is 8.16. The summed E-state index contributed by atoms with van der Waals surface area (Å²) in [6, 6.07) is 14.3. The number of fused-ring (bicyclic) bond motifs is 1. The van der Waals surface area contributed by atoms with Gasteiger partial charge in [0.15, 0.2) is 0 Å². The molecule has 0 fully saturated rings. The van der Waals surface area contributed by atoms with Crippen LogP contribution in [0.15, 0.2) is 82.6 Å². The molecule has 0 atom stereocenters. The Labute approximate surface area is 215 Å². The molecular weight excluding hydrogens is 540 g/mol. The molecule has 0 radical (unpaired) electrons. The van der Waals surface area contributed by atoms with Gasteiger partial charge in [0.2, 0.25) is 0 Å². The van der Waals surface area contributed by atoms with Gasteiger partial charge < -0.3 is 20.4 Å². The van der Waals surface area contributed by atoms with Crippen LogP contribution in [0.4, 0.5) is 11.4 Å². The number of carboxylic acids is 2. The molecule has 38 heavy (non-hydrogen) atoms. The van der Waals surface area contributed by atoms with E-state index in [0.717, 1.165) is 36.4 Å². The second kappa shape index (κ2) is 9.57. The number of phenols is 2. The third-order valence-electron chi connectivity index (χ3n) is 5.43. The molecule has 0 saturated carbocycles. The van der Waals surface area contributed by atoms with Crippen molar-refractivity contribution in [2.45, 2.75) is 9.79 Å². The number of rotatable bonds is 8. The molecular formula is C24H18N2O10S2. The van der Waals surface area contributed by atoms with Gasteiger partial charge in [-0.1, -0.05) is 24.3 Å². The lowest BCUT2D eigenvalue weighted by atomic mass is 10.1. The molecule has 0 heterocycles. The maximum atomic E-state index is 13.0. The number of aromatic hydroxyl groups is 2. The fourth-order valence-corrected chi connectivity index (χ4v) is 5.80. The molecule has 0 aliphatic carbocycles. The van der Waals surface area contributed by atoms with E-state index in [1.807, 2.05) is 0 Å². The van der Waals surface area contributed by atoms with Gasteiger partial charge in [-0.05, 0) is 48.5 Å². The number of anilines is 2. The molecule has 4 rings (SSSR count). The Morgan fingerprint density at radius 3 is 1.29 bits per heavy atom. The number of hydrogen-bond acceptors (Lipinski definition) is 8. The number of sulfonamides is 2. The van der Waals surface area contributed by atoms with Crippen LogP contribution in [0.5, 0.6) is 11.5 Å². The Bertz CT molecular complexity index is 1700. The largest absolute Gasteiger partial charge is 0.507 e. The van der Waals surface area contributed by atoms with E-state index >= 15 is 0 Å². The fourth-order valence-electron chi connectivity index (χ4n) is 3.59. The maximum Gasteiger partial charge on any atom is 0.339 e. The molecule has 6 N–H and O–H groups in total. The number of carboxylic acid groups (broad SMARTS) is 2. The lowest BCUT2D eigenvalue weighted by Gasteiger charge is -2.15. The van der Waals surface area contributed by atoms with E-state index in [1.165, 1.54) is 24.3 Å². The summed E-state index contributed by atoms with van der Waals surface area (Å²) in [5, 5.41) is 38.3. The van der Waals surface area contributed by atoms with Crippen molar-refractivity contribution in [1.82, 2.24) is 0 Å². The number of hydrogen-bond donors (Lipinski definition) is 6. The van der Waals surface area contributed by atoms with Crippen LogP contribution in [0.25, 0.3) is 10.8 Å². The van der Waals surface area contributed by atoms with Crippen molar-refractivity contribution in [3.05, 3.63) is 83.9 Å². The first-order valence-electron chi connectivity index (χ1n) is 10.5. The van der Waals surface area contributed by atoms with Gasteiger partial charge in [-0.2, -0.15) is 0 Å². The predicted octanol–water partition coefficient (Wildman–Crippen LogP) is 3.25. The van der Waals surface area contributed by atoms with Crippen molar-refractivity contribution in [2.24, 2.45) is 0 Å². The summed E-state index contributed by atoms with van der Waals surface area (Å²) in [6.07, 6.45) is 0. The number of aromatic carboxylic acids is 2. The summed E-state index contributed by atoms with van der Waals surface area (Å²) in [6.45, 7) is 0. The Kier molecular flexibility index (Phi) is 6.61. The van der Waals surface area contributed by atoms with Crippen molar-refractivity contribution >= 4 is 54.1 Å². The summed E-state index contributed by atoms with van der Waals surface area (Å²) in [7, 11) is -8.66.